The Labute approximate surface area is 125 Å². The van der Waals surface area contributed by atoms with Gasteiger partial charge in [-0.1, -0.05) is 25.4 Å². The van der Waals surface area contributed by atoms with E-state index < -0.39 is 0 Å². The Kier molecular flexibility index (Phi) is 5.84. The van der Waals surface area contributed by atoms with Gasteiger partial charge in [-0.2, -0.15) is 0 Å². The third-order valence-electron chi connectivity index (χ3n) is 3.56. The molecule has 0 saturated heterocycles. The molecule has 0 aromatic heterocycles. The molecule has 0 fully saturated rings. The van der Waals surface area contributed by atoms with Crippen LogP contribution in [0.1, 0.15) is 30.6 Å². The molecule has 0 heterocycles. The van der Waals surface area contributed by atoms with E-state index in [-0.39, 0.29) is 17.9 Å². The summed E-state index contributed by atoms with van der Waals surface area (Å²) in [5.41, 5.74) is 1.10. The fourth-order valence-electron chi connectivity index (χ4n) is 1.65. The maximum atomic E-state index is 11.9. The second-order valence-electron chi connectivity index (χ2n) is 5.57. The van der Waals surface area contributed by atoms with E-state index >= 15 is 0 Å². The Morgan fingerprint density at radius 3 is 2.60 bits per heavy atom. The van der Waals surface area contributed by atoms with E-state index in [0.717, 1.165) is 6.42 Å². The Hall–Kier alpha value is -1.26. The van der Waals surface area contributed by atoms with Crippen LogP contribution in [0.25, 0.3) is 0 Å². The summed E-state index contributed by atoms with van der Waals surface area (Å²) in [6, 6.07) is 5.17. The maximum Gasteiger partial charge on any atom is 0.253 e. The van der Waals surface area contributed by atoms with Crippen LogP contribution in [0.5, 0.6) is 0 Å². The molecule has 0 aliphatic heterocycles. The predicted molar refractivity (Wildman–Crippen MR) is 83.4 cm³/mol. The molecule has 112 valence electrons. The topological polar surface area (TPSA) is 52.6 Å². The highest BCUT2D eigenvalue weighted by Gasteiger charge is 2.21. The van der Waals surface area contributed by atoms with Crippen LogP contribution in [-0.2, 0) is 0 Å². The van der Waals surface area contributed by atoms with E-state index in [1.54, 1.807) is 32.3 Å². The number of halogens is 1. The summed E-state index contributed by atoms with van der Waals surface area (Å²) < 4.78 is 0. The van der Waals surface area contributed by atoms with Gasteiger partial charge in [0.1, 0.15) is 0 Å². The lowest BCUT2D eigenvalue weighted by molar-refractivity contribution is 0.0827. The second kappa shape index (κ2) is 6.95. The quantitative estimate of drug-likeness (QED) is 0.849. The standard InChI is InChI=1S/C15H23ClN2O2/c1-5-15(2,10-19)9-17-13-8-11(6-7-12(13)16)14(20)18(3)4/h6-8,17,19H,5,9-10H2,1-4H3. The largest absolute Gasteiger partial charge is 0.396 e. The van der Waals surface area contributed by atoms with Gasteiger partial charge in [0, 0.05) is 31.6 Å². The molecule has 0 aliphatic carbocycles. The van der Waals surface area contributed by atoms with Crippen molar-refractivity contribution in [3.05, 3.63) is 28.8 Å². The van der Waals surface area contributed by atoms with Crippen molar-refractivity contribution in [2.24, 2.45) is 5.41 Å². The van der Waals surface area contributed by atoms with Gasteiger partial charge in [0.2, 0.25) is 0 Å². The molecular weight excluding hydrogens is 276 g/mol. The van der Waals surface area contributed by atoms with Crippen LogP contribution in [0.15, 0.2) is 18.2 Å². The number of aliphatic hydroxyl groups excluding tert-OH is 1. The fraction of sp³-hybridized carbons (Fsp3) is 0.533. The van der Waals surface area contributed by atoms with Gasteiger partial charge in [0.25, 0.3) is 5.91 Å². The number of benzene rings is 1. The zero-order valence-corrected chi connectivity index (χ0v) is 13.3. The number of rotatable bonds is 6. The molecule has 1 aromatic rings. The Morgan fingerprint density at radius 2 is 2.10 bits per heavy atom. The number of carbonyl (C=O) groups is 1. The van der Waals surface area contributed by atoms with Crippen LogP contribution < -0.4 is 5.32 Å². The van der Waals surface area contributed by atoms with Gasteiger partial charge < -0.3 is 15.3 Å². The number of aliphatic hydroxyl groups is 1. The Balaban J connectivity index is 2.90. The lowest BCUT2D eigenvalue weighted by Crippen LogP contribution is -2.29. The average Bonchev–Trinajstić information content (AvgIpc) is 2.45. The Bertz CT molecular complexity index is 471. The minimum Gasteiger partial charge on any atom is -0.396 e. The minimum atomic E-state index is -0.203. The van der Waals surface area contributed by atoms with Gasteiger partial charge in [-0.25, -0.2) is 0 Å². The summed E-state index contributed by atoms with van der Waals surface area (Å²) in [7, 11) is 3.42. The van der Waals surface area contributed by atoms with E-state index in [2.05, 4.69) is 5.32 Å². The first kappa shape index (κ1) is 16.8. The number of carbonyl (C=O) groups excluding carboxylic acids is 1. The average molecular weight is 299 g/mol. The molecule has 0 saturated carbocycles. The molecular formula is C15H23ClN2O2. The normalized spacial score (nSPS) is 13.7. The summed E-state index contributed by atoms with van der Waals surface area (Å²) in [5, 5.41) is 13.2. The molecule has 1 amide bonds. The molecule has 2 N–H and O–H groups in total. The number of hydrogen-bond acceptors (Lipinski definition) is 3. The highest BCUT2D eigenvalue weighted by Crippen LogP contribution is 2.26. The minimum absolute atomic E-state index is 0.0647. The molecule has 1 atom stereocenters. The molecule has 0 aliphatic rings. The first-order valence-electron chi connectivity index (χ1n) is 6.69. The van der Waals surface area contributed by atoms with Crippen LogP contribution in [-0.4, -0.2) is 43.2 Å². The lowest BCUT2D eigenvalue weighted by atomic mass is 9.88. The predicted octanol–water partition coefficient (Wildman–Crippen LogP) is 2.86. The maximum absolute atomic E-state index is 11.9. The van der Waals surface area contributed by atoms with E-state index in [0.29, 0.717) is 22.8 Å². The van der Waals surface area contributed by atoms with Crippen LogP contribution in [0.3, 0.4) is 0 Å². The van der Waals surface area contributed by atoms with Crippen molar-refractivity contribution in [1.29, 1.82) is 0 Å². The second-order valence-corrected chi connectivity index (χ2v) is 5.98. The first-order chi connectivity index (χ1) is 9.33. The van der Waals surface area contributed by atoms with E-state index in [1.807, 2.05) is 13.8 Å². The van der Waals surface area contributed by atoms with Crippen molar-refractivity contribution in [2.75, 3.05) is 32.6 Å². The fourth-order valence-corrected chi connectivity index (χ4v) is 1.84. The number of anilines is 1. The van der Waals surface area contributed by atoms with Gasteiger partial charge in [-0.05, 0) is 24.6 Å². The molecule has 1 rings (SSSR count). The number of nitrogens with zero attached hydrogens (tertiary/aromatic N) is 1. The van der Waals surface area contributed by atoms with Crippen molar-refractivity contribution in [2.45, 2.75) is 20.3 Å². The first-order valence-corrected chi connectivity index (χ1v) is 7.06. The summed E-state index contributed by atoms with van der Waals surface area (Å²) in [4.78, 5) is 13.5. The van der Waals surface area contributed by atoms with Gasteiger partial charge in [0.05, 0.1) is 17.3 Å². The van der Waals surface area contributed by atoms with Crippen molar-refractivity contribution in [3.8, 4) is 0 Å². The van der Waals surface area contributed by atoms with Crippen LogP contribution in [0.2, 0.25) is 5.02 Å². The van der Waals surface area contributed by atoms with E-state index in [9.17, 15) is 9.90 Å². The van der Waals surface area contributed by atoms with Crippen LogP contribution in [0.4, 0.5) is 5.69 Å². The van der Waals surface area contributed by atoms with Gasteiger partial charge >= 0.3 is 0 Å². The molecule has 4 nitrogen and oxygen atoms in total. The van der Waals surface area contributed by atoms with Crippen LogP contribution >= 0.6 is 11.6 Å². The Morgan fingerprint density at radius 1 is 1.45 bits per heavy atom. The zero-order valence-electron chi connectivity index (χ0n) is 12.5. The SMILES string of the molecule is CCC(C)(CO)CNc1cc(C(=O)N(C)C)ccc1Cl. The molecule has 1 aromatic carbocycles. The van der Waals surface area contributed by atoms with Gasteiger partial charge in [-0.15, -0.1) is 0 Å². The summed E-state index contributed by atoms with van der Waals surface area (Å²) in [6.07, 6.45) is 0.852. The van der Waals surface area contributed by atoms with Crippen molar-refractivity contribution >= 4 is 23.2 Å². The molecule has 20 heavy (non-hydrogen) atoms. The molecule has 5 heteroatoms. The monoisotopic (exact) mass is 298 g/mol. The van der Waals surface area contributed by atoms with Gasteiger partial charge in [0.15, 0.2) is 0 Å². The number of nitrogens with one attached hydrogen (secondary N) is 1. The third-order valence-corrected chi connectivity index (χ3v) is 3.89. The third kappa shape index (κ3) is 4.12. The van der Waals surface area contributed by atoms with Crippen molar-refractivity contribution < 1.29 is 9.90 Å². The molecule has 0 spiro atoms. The van der Waals surface area contributed by atoms with Crippen molar-refractivity contribution in [3.63, 3.8) is 0 Å². The highest BCUT2D eigenvalue weighted by molar-refractivity contribution is 6.33. The van der Waals surface area contributed by atoms with Gasteiger partial charge in [-0.3, -0.25) is 4.79 Å². The highest BCUT2D eigenvalue weighted by atomic mass is 35.5. The molecule has 0 radical (unpaired) electrons. The van der Waals surface area contributed by atoms with E-state index in [1.165, 1.54) is 4.90 Å². The molecule has 0 bridgehead atoms. The summed E-state index contributed by atoms with van der Waals surface area (Å²) in [6.45, 7) is 4.73. The molecule has 1 unspecified atom stereocenters. The smallest absolute Gasteiger partial charge is 0.253 e. The lowest BCUT2D eigenvalue weighted by Gasteiger charge is -2.26. The zero-order chi connectivity index (χ0) is 15.3. The van der Waals surface area contributed by atoms with E-state index in [4.69, 9.17) is 11.6 Å². The number of hydrogen-bond donors (Lipinski definition) is 2. The van der Waals surface area contributed by atoms with Crippen LogP contribution in [0, 0.1) is 5.41 Å². The van der Waals surface area contributed by atoms with Crippen molar-refractivity contribution in [1.82, 2.24) is 4.90 Å². The summed E-state index contributed by atoms with van der Waals surface area (Å²) >= 11 is 6.15. The number of amides is 1. The summed E-state index contributed by atoms with van der Waals surface area (Å²) in [5.74, 6) is -0.0647.